The van der Waals surface area contributed by atoms with E-state index >= 15 is 0 Å². The monoisotopic (exact) mass is 584 g/mol. The van der Waals surface area contributed by atoms with Crippen molar-refractivity contribution in [3.8, 4) is 10.6 Å². The van der Waals surface area contributed by atoms with E-state index in [0.29, 0.717) is 36.5 Å². The van der Waals surface area contributed by atoms with Crippen LogP contribution in [0.4, 0.5) is 21.6 Å². The second-order valence-electron chi connectivity index (χ2n) is 9.76. The number of hydrogen-bond acceptors (Lipinski definition) is 11. The summed E-state index contributed by atoms with van der Waals surface area (Å²) < 4.78 is 7.15. The molecule has 4 aromatic rings. The number of quaternary nitrogens is 1. The number of carbonyl (C=O) groups excluding carboxylic acids is 1. The molecule has 13 heteroatoms. The minimum Gasteiger partial charge on any atom is -0.378 e. The van der Waals surface area contributed by atoms with Gasteiger partial charge in [-0.05, 0) is 25.0 Å². The first kappa shape index (κ1) is 26.1. The number of morpholine rings is 1. The third-order valence-electron chi connectivity index (χ3n) is 7.13. The molecule has 0 radical (unpaired) electrons. The van der Waals surface area contributed by atoms with Crippen LogP contribution in [0.2, 0.25) is 0 Å². The number of thiophene rings is 1. The number of nitrogens with two attached hydrogens (primary N) is 1. The van der Waals surface area contributed by atoms with Gasteiger partial charge in [0, 0.05) is 36.5 Å². The quantitative estimate of drug-likeness (QED) is 0.258. The number of nitrogens with zero attached hydrogens (tertiary/aromatic N) is 3. The first-order valence-electron chi connectivity index (χ1n) is 13.0. The first-order chi connectivity index (χ1) is 19.0. The second kappa shape index (κ2) is 11.2. The lowest BCUT2D eigenvalue weighted by atomic mass is 9.91. The van der Waals surface area contributed by atoms with Crippen LogP contribution >= 0.6 is 34.0 Å². The molecule has 2 fully saturated rings. The number of pyridine rings is 1. The Morgan fingerprint density at radius 3 is 2.77 bits per heavy atom. The Morgan fingerprint density at radius 1 is 1.15 bits per heavy atom. The third-order valence-corrected chi connectivity index (χ3v) is 10.4. The summed E-state index contributed by atoms with van der Waals surface area (Å²) in [6.07, 6.45) is 6.22. The van der Waals surface area contributed by atoms with Gasteiger partial charge in [-0.15, -0.1) is 22.7 Å². The molecule has 0 unspecified atom stereocenters. The van der Waals surface area contributed by atoms with Crippen LogP contribution in [0, 0.1) is 0 Å². The van der Waals surface area contributed by atoms with E-state index in [1.165, 1.54) is 29.1 Å². The molecule has 0 bridgehead atoms. The van der Waals surface area contributed by atoms with Gasteiger partial charge in [0.2, 0.25) is 0 Å². The number of primary amides is 1. The highest BCUT2D eigenvalue weighted by Crippen LogP contribution is 2.41. The Bertz CT molecular complexity index is 1560. The van der Waals surface area contributed by atoms with Gasteiger partial charge in [-0.25, -0.2) is 9.97 Å². The van der Waals surface area contributed by atoms with Crippen LogP contribution in [0.25, 0.3) is 20.0 Å². The van der Waals surface area contributed by atoms with Crippen molar-refractivity contribution in [2.75, 3.05) is 41.8 Å². The molecule has 1 saturated heterocycles. The summed E-state index contributed by atoms with van der Waals surface area (Å²) in [5.74, 6) is 0.504. The highest BCUT2D eigenvalue weighted by molar-refractivity contribution is 7.29. The van der Waals surface area contributed by atoms with Crippen molar-refractivity contribution in [2.45, 2.75) is 37.8 Å². The van der Waals surface area contributed by atoms with Crippen molar-refractivity contribution >= 4 is 71.0 Å². The Balaban J connectivity index is 1.28. The predicted molar refractivity (Wildman–Crippen MR) is 159 cm³/mol. The molecule has 1 aliphatic carbocycles. The number of fused-ring (bicyclic) bond motifs is 1. The van der Waals surface area contributed by atoms with Crippen molar-refractivity contribution in [1.29, 1.82) is 0 Å². The van der Waals surface area contributed by atoms with Crippen LogP contribution in [-0.4, -0.2) is 54.3 Å². The lowest BCUT2D eigenvalue weighted by molar-refractivity contribution is -0.427. The number of anilines is 4. The van der Waals surface area contributed by atoms with E-state index in [1.54, 1.807) is 35.7 Å². The largest absolute Gasteiger partial charge is 0.378 e. The molecule has 1 amide bonds. The van der Waals surface area contributed by atoms with Gasteiger partial charge in [-0.2, -0.15) is 0 Å². The van der Waals surface area contributed by atoms with Gasteiger partial charge in [-0.3, -0.25) is 9.59 Å². The molecule has 1 aliphatic heterocycles. The summed E-state index contributed by atoms with van der Waals surface area (Å²) in [6, 6.07) is 5.78. The fourth-order valence-corrected chi connectivity index (χ4v) is 8.34. The number of nitrogens with one attached hydrogen (secondary N) is 2. The minimum absolute atomic E-state index is 0.0264. The summed E-state index contributed by atoms with van der Waals surface area (Å²) in [7, 11) is 0. The zero-order valence-corrected chi connectivity index (χ0v) is 23.7. The van der Waals surface area contributed by atoms with Crippen molar-refractivity contribution < 1.29 is 15.3 Å². The van der Waals surface area contributed by atoms with E-state index in [2.05, 4.69) is 31.2 Å². The zero-order valence-electron chi connectivity index (χ0n) is 21.3. The maximum Gasteiger partial charge on any atom is 0.252 e. The molecule has 0 spiro atoms. The van der Waals surface area contributed by atoms with Crippen LogP contribution in [0.3, 0.4) is 0 Å². The maximum atomic E-state index is 12.9. The summed E-state index contributed by atoms with van der Waals surface area (Å²) >= 11 is 4.50. The molecule has 2 atom stereocenters. The topological polar surface area (TPSA) is 150 Å². The number of amides is 1. The molecule has 39 heavy (non-hydrogen) atoms. The van der Waals surface area contributed by atoms with Gasteiger partial charge < -0.3 is 31.7 Å². The fraction of sp³-hybridized carbons (Fsp3) is 0.385. The molecular formula is C26H30N7O3S3+. The van der Waals surface area contributed by atoms with E-state index in [4.69, 9.17) is 10.5 Å². The zero-order chi connectivity index (χ0) is 26.9. The normalized spacial score (nSPS) is 19.8. The SMILES string of the molecule is NC(=O)c1ccc(N[C@H]2CCCC[C@H]2[NH3+])nc1Nc1cnc(-c2csc3c(=O)cc(N4CCOCC4)sc23)s1. The molecular weight excluding hydrogens is 555 g/mol. The Morgan fingerprint density at radius 2 is 1.97 bits per heavy atom. The van der Waals surface area contributed by atoms with Crippen LogP contribution in [0.1, 0.15) is 36.0 Å². The summed E-state index contributed by atoms with van der Waals surface area (Å²) in [6.45, 7) is 2.86. The van der Waals surface area contributed by atoms with Crippen LogP contribution in [-0.2, 0) is 4.74 Å². The standard InChI is InChI=1S/C26H29N7O3S3/c27-16-3-1-2-4-17(16)30-19-6-5-14(24(28)35)25(31-19)32-20-12-29-26(38-20)15-13-37-23-18(34)11-21(39-22(15)23)33-7-9-36-10-8-33/h5-6,11-13,16-17H,1-4,7-10,27H2,(H2,28,35)(H2,30,31,32)/p+1/t16-,17+/m1/s1. The average molecular weight is 585 g/mol. The molecule has 5 heterocycles. The van der Waals surface area contributed by atoms with Crippen molar-refractivity contribution in [1.82, 2.24) is 9.97 Å². The van der Waals surface area contributed by atoms with Crippen LogP contribution < -0.4 is 32.4 Å². The van der Waals surface area contributed by atoms with E-state index < -0.39 is 5.91 Å². The number of aromatic nitrogens is 2. The molecule has 0 aromatic carbocycles. The van der Waals surface area contributed by atoms with Gasteiger partial charge in [0.1, 0.15) is 27.7 Å². The molecule has 4 aromatic heterocycles. The Kier molecular flexibility index (Phi) is 7.49. The summed E-state index contributed by atoms with van der Waals surface area (Å²) in [5.41, 5.74) is 11.2. The van der Waals surface area contributed by atoms with E-state index in [-0.39, 0.29) is 11.5 Å². The fourth-order valence-electron chi connectivity index (χ4n) is 5.01. The minimum atomic E-state index is -0.557. The van der Waals surface area contributed by atoms with E-state index in [0.717, 1.165) is 62.3 Å². The molecule has 2 aliphatic rings. The van der Waals surface area contributed by atoms with Gasteiger partial charge >= 0.3 is 0 Å². The summed E-state index contributed by atoms with van der Waals surface area (Å²) in [4.78, 5) is 36.6. The Labute approximate surface area is 237 Å². The van der Waals surface area contributed by atoms with Crippen LogP contribution in [0.5, 0.6) is 0 Å². The van der Waals surface area contributed by atoms with Crippen LogP contribution in [0.15, 0.2) is 34.6 Å². The van der Waals surface area contributed by atoms with Crippen molar-refractivity contribution in [3.63, 3.8) is 0 Å². The molecule has 7 N–H and O–H groups in total. The third kappa shape index (κ3) is 5.50. The molecule has 10 nitrogen and oxygen atoms in total. The lowest BCUT2D eigenvalue weighted by Crippen LogP contribution is -2.68. The number of ether oxygens (including phenoxy) is 1. The maximum absolute atomic E-state index is 12.9. The highest BCUT2D eigenvalue weighted by Gasteiger charge is 2.25. The molecule has 204 valence electrons. The number of thiazole rings is 1. The molecule has 1 saturated carbocycles. The van der Waals surface area contributed by atoms with Crippen molar-refractivity contribution in [3.05, 3.63) is 45.6 Å². The van der Waals surface area contributed by atoms with E-state index in [9.17, 15) is 9.59 Å². The average Bonchev–Trinajstić information content (AvgIpc) is 3.58. The van der Waals surface area contributed by atoms with Gasteiger partial charge in [0.25, 0.3) is 5.91 Å². The smallest absolute Gasteiger partial charge is 0.252 e. The number of hydrogen-bond donors (Lipinski definition) is 4. The number of rotatable bonds is 7. The second-order valence-corrected chi connectivity index (χ2v) is 12.7. The van der Waals surface area contributed by atoms with E-state index in [1.807, 2.05) is 5.38 Å². The van der Waals surface area contributed by atoms with Crippen molar-refractivity contribution in [2.24, 2.45) is 5.73 Å². The first-order valence-corrected chi connectivity index (χ1v) is 15.5. The Hall–Kier alpha value is -3.10. The lowest BCUT2D eigenvalue weighted by Gasteiger charge is -2.28. The van der Waals surface area contributed by atoms with Gasteiger partial charge in [-0.1, -0.05) is 17.8 Å². The summed E-state index contributed by atoms with van der Waals surface area (Å²) in [5, 5.41) is 11.2. The van der Waals surface area contributed by atoms with Gasteiger partial charge in [0.05, 0.1) is 45.4 Å². The highest BCUT2D eigenvalue weighted by atomic mass is 32.1. The number of carbonyl (C=O) groups is 1. The molecule has 6 rings (SSSR count). The predicted octanol–water partition coefficient (Wildman–Crippen LogP) is 3.49. The van der Waals surface area contributed by atoms with Gasteiger partial charge in [0.15, 0.2) is 5.43 Å².